The second-order valence-electron chi connectivity index (χ2n) is 9.73. The molecule has 0 spiro atoms. The number of esters is 1. The molecule has 2 heterocycles. The number of nitrogens with zero attached hydrogens (tertiary/aromatic N) is 1. The molecule has 0 aromatic heterocycles. The fourth-order valence-corrected chi connectivity index (χ4v) is 5.46. The van der Waals surface area contributed by atoms with E-state index in [0.29, 0.717) is 29.6 Å². The van der Waals surface area contributed by atoms with Crippen molar-refractivity contribution in [3.05, 3.63) is 33.2 Å². The van der Waals surface area contributed by atoms with E-state index in [0.717, 1.165) is 0 Å². The third-order valence-corrected chi connectivity index (χ3v) is 7.60. The SMILES string of the molecule is CC#CC(C)c1cc(NC(=O)OCC(Cl)(Cl)Cl)c(Cl)cc1C(=O)[N+](=O)[C@@H]1C[C@@H]2CC[C@@](C(=O)OCC(Cl)(Cl)Cl)(C1)N2. The molecule has 2 bridgehead atoms. The molecule has 2 amide bonds. The number of amides is 2. The van der Waals surface area contributed by atoms with E-state index in [-0.39, 0.29) is 28.7 Å². The maximum absolute atomic E-state index is 13.6. The Morgan fingerprint density at radius 1 is 1.15 bits per heavy atom. The lowest BCUT2D eigenvalue weighted by Gasteiger charge is -2.33. The number of ether oxygens (including phenoxy) is 2. The van der Waals surface area contributed by atoms with E-state index >= 15 is 0 Å². The maximum atomic E-state index is 13.6. The number of carbonyl (C=O) groups excluding carboxylic acids is 3. The number of piperidine rings is 1. The summed E-state index contributed by atoms with van der Waals surface area (Å²) in [6.45, 7) is 2.35. The number of rotatable bonds is 7. The Hall–Kier alpha value is -1.22. The first-order valence-electron chi connectivity index (χ1n) is 12.2. The zero-order valence-corrected chi connectivity index (χ0v) is 27.0. The highest BCUT2D eigenvalue weighted by atomic mass is 35.6. The lowest BCUT2D eigenvalue weighted by molar-refractivity contribution is -0.499. The van der Waals surface area contributed by atoms with Crippen LogP contribution in [0.3, 0.4) is 0 Å². The minimum atomic E-state index is -1.82. The molecule has 2 N–H and O–H groups in total. The highest BCUT2D eigenvalue weighted by Crippen LogP contribution is 2.39. The van der Waals surface area contributed by atoms with E-state index in [1.165, 1.54) is 12.1 Å². The second kappa shape index (κ2) is 13.6. The summed E-state index contributed by atoms with van der Waals surface area (Å²) >= 11 is 40.4. The van der Waals surface area contributed by atoms with Gasteiger partial charge in [-0.2, -0.15) is 0 Å². The predicted molar refractivity (Wildman–Crippen MR) is 160 cm³/mol. The van der Waals surface area contributed by atoms with Crippen LogP contribution in [-0.2, 0) is 14.3 Å². The van der Waals surface area contributed by atoms with Gasteiger partial charge in [-0.25, -0.2) is 9.59 Å². The lowest BCUT2D eigenvalue weighted by atomic mass is 9.87. The van der Waals surface area contributed by atoms with Gasteiger partial charge in [0.05, 0.1) is 15.5 Å². The van der Waals surface area contributed by atoms with Gasteiger partial charge in [-0.05, 0) is 44.4 Å². The van der Waals surface area contributed by atoms with Gasteiger partial charge in [-0.15, -0.1) is 5.92 Å². The number of fused-ring (bicyclic) bond motifs is 2. The molecule has 2 aliphatic heterocycles. The molecule has 0 saturated carbocycles. The standard InChI is InChI=1S/C25H24Cl7N3O6/c1-3-4-13(2)16-9-19(33-22(38)41-12-25(30,31)32)18(26)8-17(16)20(36)35(39)15-7-14-5-6-23(10-15,34-14)21(37)40-11-24(27,28)29/h8-9,13-15,34H,5-7,10-12H2,1-2H3/p+1/t13?,14-,15+,23-/m0/s1. The molecule has 0 aliphatic carbocycles. The molecule has 2 aliphatic rings. The van der Waals surface area contributed by atoms with Crippen LogP contribution in [0.25, 0.3) is 0 Å². The summed E-state index contributed by atoms with van der Waals surface area (Å²) in [5.41, 5.74) is -0.793. The van der Waals surface area contributed by atoms with E-state index in [9.17, 15) is 19.3 Å². The number of anilines is 1. The first kappa shape index (κ1) is 34.3. The number of hydrogen-bond acceptors (Lipinski definition) is 7. The van der Waals surface area contributed by atoms with Gasteiger partial charge >= 0.3 is 18.0 Å². The Balaban J connectivity index is 1.86. The van der Waals surface area contributed by atoms with E-state index in [4.69, 9.17) is 90.7 Å². The van der Waals surface area contributed by atoms with Crippen molar-refractivity contribution < 1.29 is 28.6 Å². The van der Waals surface area contributed by atoms with E-state index in [2.05, 4.69) is 22.5 Å². The van der Waals surface area contributed by atoms with Crippen molar-refractivity contribution in [2.24, 2.45) is 0 Å². The average Bonchev–Trinajstić information content (AvgIpc) is 3.19. The highest BCUT2D eigenvalue weighted by molar-refractivity contribution is 6.68. The molecular formula is C25H25Cl7N3O6+. The van der Waals surface area contributed by atoms with Gasteiger partial charge in [0.2, 0.25) is 13.6 Å². The normalized spacial score (nSPS) is 22.7. The Morgan fingerprint density at radius 3 is 2.39 bits per heavy atom. The number of benzene rings is 1. The first-order valence-corrected chi connectivity index (χ1v) is 14.9. The van der Waals surface area contributed by atoms with Gasteiger partial charge in [0.1, 0.15) is 24.3 Å². The van der Waals surface area contributed by atoms with Gasteiger partial charge in [0, 0.05) is 29.7 Å². The van der Waals surface area contributed by atoms with E-state index < -0.39 is 56.3 Å². The van der Waals surface area contributed by atoms with Crippen molar-refractivity contribution >= 4 is 105 Å². The van der Waals surface area contributed by atoms with Crippen LogP contribution in [0, 0.1) is 16.7 Å². The number of carbonyl (C=O) groups is 3. The summed E-state index contributed by atoms with van der Waals surface area (Å²) < 4.78 is 6.81. The van der Waals surface area contributed by atoms with Crippen molar-refractivity contribution in [3.63, 3.8) is 0 Å². The van der Waals surface area contributed by atoms with Crippen LogP contribution in [0.1, 0.15) is 61.4 Å². The maximum Gasteiger partial charge on any atom is 0.465 e. The third kappa shape index (κ3) is 9.14. The second-order valence-corrected chi connectivity index (χ2v) is 15.2. The quantitative estimate of drug-likeness (QED) is 0.137. The van der Waals surface area contributed by atoms with Crippen molar-refractivity contribution in [1.82, 2.24) is 5.32 Å². The summed E-state index contributed by atoms with van der Waals surface area (Å²) in [4.78, 5) is 52.3. The molecular weight excluding hydrogens is 686 g/mol. The topological polar surface area (TPSA) is 114 Å². The molecule has 1 aromatic rings. The van der Waals surface area contributed by atoms with Gasteiger partial charge in [0.25, 0.3) is 0 Å². The van der Waals surface area contributed by atoms with Crippen LogP contribution in [-0.4, -0.2) is 61.2 Å². The summed E-state index contributed by atoms with van der Waals surface area (Å²) in [5.74, 6) is 3.62. The Bertz CT molecular complexity index is 1290. The summed E-state index contributed by atoms with van der Waals surface area (Å²) in [7, 11) is 0. The van der Waals surface area contributed by atoms with Gasteiger partial charge in [-0.1, -0.05) is 87.1 Å². The van der Waals surface area contributed by atoms with Crippen LogP contribution in [0.5, 0.6) is 0 Å². The van der Waals surface area contributed by atoms with Crippen LogP contribution in [0.2, 0.25) is 5.02 Å². The van der Waals surface area contributed by atoms with Gasteiger partial charge < -0.3 is 9.47 Å². The molecule has 1 aromatic carbocycles. The predicted octanol–water partition coefficient (Wildman–Crippen LogP) is 6.87. The van der Waals surface area contributed by atoms with Crippen molar-refractivity contribution in [3.8, 4) is 11.8 Å². The van der Waals surface area contributed by atoms with E-state index in [1.54, 1.807) is 13.8 Å². The molecule has 1 unspecified atom stereocenters. The minimum Gasteiger partial charge on any atom is -0.460 e. The zero-order valence-electron chi connectivity index (χ0n) is 21.7. The number of hydrogen-bond donors (Lipinski definition) is 2. The fraction of sp³-hybridized carbons (Fsp3) is 0.560. The van der Waals surface area contributed by atoms with Crippen molar-refractivity contribution in [2.75, 3.05) is 18.5 Å². The molecule has 224 valence electrons. The molecule has 2 saturated heterocycles. The molecule has 16 heteroatoms. The van der Waals surface area contributed by atoms with Crippen molar-refractivity contribution in [2.45, 2.75) is 70.7 Å². The summed E-state index contributed by atoms with van der Waals surface area (Å²) in [6, 6.07) is 1.64. The number of halogens is 7. The van der Waals surface area contributed by atoms with Crippen LogP contribution in [0.15, 0.2) is 12.1 Å². The molecule has 0 radical (unpaired) electrons. The smallest absolute Gasteiger partial charge is 0.460 e. The third-order valence-electron chi connectivity index (χ3n) is 6.63. The van der Waals surface area contributed by atoms with Crippen LogP contribution >= 0.6 is 81.2 Å². The fourth-order valence-electron chi connectivity index (χ4n) is 4.92. The summed E-state index contributed by atoms with van der Waals surface area (Å²) in [6.07, 6.45) is 0.344. The first-order chi connectivity index (χ1) is 18.9. The Morgan fingerprint density at radius 2 is 1.78 bits per heavy atom. The minimum absolute atomic E-state index is 0.000496. The molecule has 3 rings (SSSR count). The molecule has 41 heavy (non-hydrogen) atoms. The Kier molecular flexibility index (Phi) is 11.4. The van der Waals surface area contributed by atoms with Gasteiger partial charge in [0.15, 0.2) is 0 Å². The zero-order chi connectivity index (χ0) is 30.8. The number of nitrogens with one attached hydrogen (secondary N) is 2. The monoisotopic (exact) mass is 708 g/mol. The van der Waals surface area contributed by atoms with Crippen LogP contribution in [0.4, 0.5) is 10.5 Å². The summed E-state index contributed by atoms with van der Waals surface area (Å²) in [5, 5.41) is 5.59. The highest BCUT2D eigenvalue weighted by Gasteiger charge is 2.57. The molecule has 4 atom stereocenters. The van der Waals surface area contributed by atoms with Crippen LogP contribution < -0.4 is 10.6 Å². The van der Waals surface area contributed by atoms with E-state index in [1.807, 2.05) is 0 Å². The largest absolute Gasteiger partial charge is 0.465 e. The lowest BCUT2D eigenvalue weighted by Crippen LogP contribution is -2.59. The molecule has 9 nitrogen and oxygen atoms in total. The molecule has 2 fully saturated rings. The van der Waals surface area contributed by atoms with Crippen molar-refractivity contribution in [1.29, 1.82) is 0 Å². The van der Waals surface area contributed by atoms with Gasteiger partial charge in [-0.3, -0.25) is 15.4 Å². The Labute approximate surface area is 271 Å². The number of alkyl halides is 6. The number of nitroso groups, excluding NO2 is 1. The average molecular weight is 712 g/mol.